The molecule has 15 heteroatoms. The van der Waals surface area contributed by atoms with E-state index >= 15 is 0 Å². The zero-order valence-electron chi connectivity index (χ0n) is 28.2. The Hall–Kier alpha value is -1.76. The van der Waals surface area contributed by atoms with Gasteiger partial charge in [-0.25, -0.2) is 0 Å². The van der Waals surface area contributed by atoms with Crippen LogP contribution in [0.25, 0.3) is 0 Å². The molecule has 2 heterocycles. The van der Waals surface area contributed by atoms with Crippen molar-refractivity contribution in [3.63, 3.8) is 0 Å². The Morgan fingerprint density at radius 3 is 1.90 bits per heavy atom. The fraction of sp³-hybridized carbons (Fsp3) is 0.879. The highest BCUT2D eigenvalue weighted by atomic mass is 16.7. The summed E-state index contributed by atoms with van der Waals surface area (Å²) in [6.45, 7) is 2.17. The molecule has 2 saturated heterocycles. The van der Waals surface area contributed by atoms with Gasteiger partial charge in [0.05, 0.1) is 19.8 Å². The predicted octanol–water partition coefficient (Wildman–Crippen LogP) is 0.359. The van der Waals surface area contributed by atoms with Crippen molar-refractivity contribution in [2.45, 2.75) is 158 Å². The molecule has 0 bridgehead atoms. The van der Waals surface area contributed by atoms with Gasteiger partial charge in [0.15, 0.2) is 18.7 Å². The normalized spacial score (nSPS) is 31.5. The number of carbonyl (C=O) groups excluding carboxylic acids is 2. The first-order valence-corrected chi connectivity index (χ1v) is 17.3. The van der Waals surface area contributed by atoms with Crippen molar-refractivity contribution in [1.82, 2.24) is 0 Å². The highest BCUT2D eigenvalue weighted by molar-refractivity contribution is 5.70. The van der Waals surface area contributed by atoms with Gasteiger partial charge in [0, 0.05) is 12.8 Å². The van der Waals surface area contributed by atoms with E-state index in [9.17, 15) is 45.3 Å². The molecular weight excluding hydrogens is 636 g/mol. The second-order valence-electron chi connectivity index (χ2n) is 12.3. The van der Waals surface area contributed by atoms with Crippen molar-refractivity contribution in [1.29, 1.82) is 0 Å². The van der Waals surface area contributed by atoms with Gasteiger partial charge in [-0.05, 0) is 32.1 Å². The maximum atomic E-state index is 12.6. The summed E-state index contributed by atoms with van der Waals surface area (Å²) in [5, 5.41) is 71.0. The molecule has 0 aromatic carbocycles. The van der Waals surface area contributed by atoms with Gasteiger partial charge in [0.2, 0.25) is 0 Å². The molecule has 2 rings (SSSR count). The topological polar surface area (TPSA) is 231 Å². The minimum atomic E-state index is -1.76. The molecule has 0 spiro atoms. The van der Waals surface area contributed by atoms with E-state index in [0.717, 1.165) is 51.4 Å². The molecule has 48 heavy (non-hydrogen) atoms. The van der Waals surface area contributed by atoms with Crippen molar-refractivity contribution >= 4 is 11.9 Å². The average Bonchev–Trinajstić information content (AvgIpc) is 3.08. The molecule has 11 unspecified atom stereocenters. The Balaban J connectivity index is 1.91. The molecule has 15 nitrogen and oxygen atoms in total. The molecule has 7 N–H and O–H groups in total. The van der Waals surface area contributed by atoms with Crippen LogP contribution < -0.4 is 0 Å². The predicted molar refractivity (Wildman–Crippen MR) is 169 cm³/mol. The fourth-order valence-electron chi connectivity index (χ4n) is 5.19. The van der Waals surface area contributed by atoms with Crippen LogP contribution >= 0.6 is 0 Å². The number of rotatable bonds is 23. The SMILES string of the molecule is CCC/C=C\CCCCCCCC(=O)OC(COC(=O)CCCC)COC1OC(COC2OC(CO)C(O)C(O)C2O)C(O)C(O)C1O. The van der Waals surface area contributed by atoms with Crippen LogP contribution in [0.15, 0.2) is 12.2 Å². The summed E-state index contributed by atoms with van der Waals surface area (Å²) in [5.41, 5.74) is 0. The molecule has 0 aromatic heterocycles. The third-order valence-electron chi connectivity index (χ3n) is 8.22. The lowest BCUT2D eigenvalue weighted by molar-refractivity contribution is -0.332. The zero-order chi connectivity index (χ0) is 35.5. The van der Waals surface area contributed by atoms with Gasteiger partial charge in [0.1, 0.15) is 55.4 Å². The Labute approximate surface area is 282 Å². The lowest BCUT2D eigenvalue weighted by Crippen LogP contribution is -2.61. The van der Waals surface area contributed by atoms with Crippen LogP contribution in [0.5, 0.6) is 0 Å². The highest BCUT2D eigenvalue weighted by Gasteiger charge is 2.47. The van der Waals surface area contributed by atoms with E-state index < -0.39 is 92.7 Å². The maximum absolute atomic E-state index is 12.6. The molecule has 2 fully saturated rings. The number of aliphatic hydroxyl groups is 7. The molecule has 280 valence electrons. The quantitative estimate of drug-likeness (QED) is 0.0435. The molecule has 0 aromatic rings. The zero-order valence-corrected chi connectivity index (χ0v) is 28.2. The number of unbranched alkanes of at least 4 members (excludes halogenated alkanes) is 7. The summed E-state index contributed by atoms with van der Waals surface area (Å²) >= 11 is 0. The lowest BCUT2D eigenvalue weighted by Gasteiger charge is -2.42. The number of allylic oxidation sites excluding steroid dienone is 2. The smallest absolute Gasteiger partial charge is 0.306 e. The third kappa shape index (κ3) is 14.6. The first-order chi connectivity index (χ1) is 23.0. The van der Waals surface area contributed by atoms with Crippen molar-refractivity contribution < 1.29 is 73.8 Å². The van der Waals surface area contributed by atoms with E-state index in [4.69, 9.17) is 28.4 Å². The van der Waals surface area contributed by atoms with Crippen molar-refractivity contribution in [3.05, 3.63) is 12.2 Å². The molecule has 11 atom stereocenters. The van der Waals surface area contributed by atoms with Crippen LogP contribution in [0.3, 0.4) is 0 Å². The molecule has 0 amide bonds. The number of carbonyl (C=O) groups is 2. The van der Waals surface area contributed by atoms with Crippen molar-refractivity contribution in [2.24, 2.45) is 0 Å². The van der Waals surface area contributed by atoms with E-state index in [-0.39, 0.29) is 26.1 Å². The Kier molecular flexibility index (Phi) is 20.9. The number of ether oxygens (including phenoxy) is 6. The van der Waals surface area contributed by atoms with E-state index in [1.807, 2.05) is 6.92 Å². The largest absolute Gasteiger partial charge is 0.462 e. The standard InChI is InChI=1S/C33H58O15/c1-3-5-7-8-9-10-11-12-13-14-16-25(36)46-21(18-43-24(35)15-6-4-2)19-44-32-31(42)29(40)27(38)23(48-32)20-45-33-30(41)28(39)26(37)22(17-34)47-33/h7-8,21-23,26-34,37-42H,3-6,9-20H2,1-2H3/b8-7-. The highest BCUT2D eigenvalue weighted by Crippen LogP contribution is 2.26. The minimum Gasteiger partial charge on any atom is -0.462 e. The van der Waals surface area contributed by atoms with E-state index in [1.165, 1.54) is 0 Å². The van der Waals surface area contributed by atoms with Gasteiger partial charge in [-0.3, -0.25) is 9.59 Å². The van der Waals surface area contributed by atoms with Crippen LogP contribution in [0, 0.1) is 0 Å². The molecule has 2 aliphatic rings. The molecule has 2 aliphatic heterocycles. The Morgan fingerprint density at radius 2 is 1.23 bits per heavy atom. The van der Waals surface area contributed by atoms with Crippen LogP contribution in [0.2, 0.25) is 0 Å². The molecular formula is C33H58O15. The number of hydrogen-bond donors (Lipinski definition) is 7. The first kappa shape index (κ1) is 42.4. The first-order valence-electron chi connectivity index (χ1n) is 17.3. The van der Waals surface area contributed by atoms with E-state index in [0.29, 0.717) is 12.8 Å². The van der Waals surface area contributed by atoms with Gasteiger partial charge in [-0.2, -0.15) is 0 Å². The van der Waals surface area contributed by atoms with Crippen molar-refractivity contribution in [3.8, 4) is 0 Å². The monoisotopic (exact) mass is 694 g/mol. The van der Waals surface area contributed by atoms with Crippen LogP contribution in [-0.2, 0) is 38.0 Å². The summed E-state index contributed by atoms with van der Waals surface area (Å²) in [5.74, 6) is -0.984. The number of hydrogen-bond acceptors (Lipinski definition) is 15. The minimum absolute atomic E-state index is 0.154. The van der Waals surface area contributed by atoms with Gasteiger partial charge in [-0.15, -0.1) is 0 Å². The second-order valence-corrected chi connectivity index (χ2v) is 12.3. The molecule has 0 saturated carbocycles. The average molecular weight is 695 g/mol. The molecule has 0 aliphatic carbocycles. The Morgan fingerprint density at radius 1 is 0.646 bits per heavy atom. The van der Waals surface area contributed by atoms with Crippen LogP contribution in [-0.4, -0.2) is 142 Å². The second kappa shape index (κ2) is 23.6. The van der Waals surface area contributed by atoms with Gasteiger partial charge in [0.25, 0.3) is 0 Å². The summed E-state index contributed by atoms with van der Waals surface area (Å²) in [7, 11) is 0. The summed E-state index contributed by atoms with van der Waals surface area (Å²) in [6.07, 6.45) is -2.78. The van der Waals surface area contributed by atoms with Crippen LogP contribution in [0.4, 0.5) is 0 Å². The van der Waals surface area contributed by atoms with Crippen molar-refractivity contribution in [2.75, 3.05) is 26.4 Å². The summed E-state index contributed by atoms with van der Waals surface area (Å²) in [4.78, 5) is 24.8. The molecule has 0 radical (unpaired) electrons. The number of aliphatic hydroxyl groups excluding tert-OH is 7. The van der Waals surface area contributed by atoms with E-state index in [1.54, 1.807) is 0 Å². The third-order valence-corrected chi connectivity index (χ3v) is 8.22. The number of esters is 2. The lowest BCUT2D eigenvalue weighted by atomic mass is 9.98. The van der Waals surface area contributed by atoms with Crippen LogP contribution in [0.1, 0.15) is 90.9 Å². The summed E-state index contributed by atoms with van der Waals surface area (Å²) in [6, 6.07) is 0. The Bertz CT molecular complexity index is 917. The summed E-state index contributed by atoms with van der Waals surface area (Å²) < 4.78 is 32.8. The van der Waals surface area contributed by atoms with Gasteiger partial charge in [-0.1, -0.05) is 58.1 Å². The van der Waals surface area contributed by atoms with E-state index in [2.05, 4.69) is 19.1 Å². The fourth-order valence-corrected chi connectivity index (χ4v) is 5.19. The van der Waals surface area contributed by atoms with Gasteiger partial charge < -0.3 is 64.2 Å². The van der Waals surface area contributed by atoms with Gasteiger partial charge >= 0.3 is 11.9 Å². The maximum Gasteiger partial charge on any atom is 0.306 e.